The Hall–Kier alpha value is 0.753. The molecule has 0 aromatic heterocycles. The van der Waals surface area contributed by atoms with E-state index < -0.39 is 0 Å². The second-order valence-electron chi connectivity index (χ2n) is 1.81. The molecule has 0 radical (unpaired) electrons. The molecular weight excluding hydrogens is 151 g/mol. The molecule has 1 rings (SSSR count). The topological polar surface area (TPSA) is 0 Å². The summed E-state index contributed by atoms with van der Waals surface area (Å²) in [4.78, 5) is 0. The zero-order valence-corrected chi connectivity index (χ0v) is 6.29. The second-order valence-corrected chi connectivity index (χ2v) is 3.55. The van der Waals surface area contributed by atoms with E-state index in [0.29, 0.717) is 0 Å². The zero-order chi connectivity index (χ0) is 4.41. The fourth-order valence-corrected chi connectivity index (χ4v) is 1.67. The summed E-state index contributed by atoms with van der Waals surface area (Å²) in [5.74, 6) is 0. The molecule has 0 heterocycles. The molecule has 30 valence electrons. The molecule has 1 saturated carbocycles. The van der Waals surface area contributed by atoms with Crippen molar-refractivity contribution < 1.29 is 24.2 Å². The van der Waals surface area contributed by atoms with E-state index in [1.54, 1.807) is 27.4 Å². The van der Waals surface area contributed by atoms with Crippen molar-refractivity contribution in [2.45, 2.75) is 25.7 Å². The first kappa shape index (κ1) is 4.90. The van der Waals surface area contributed by atoms with E-state index in [4.69, 9.17) is 0 Å². The Morgan fingerprint density at radius 2 is 1.67 bits per heavy atom. The van der Waals surface area contributed by atoms with Crippen molar-refractivity contribution in [3.05, 3.63) is 0 Å². The summed E-state index contributed by atoms with van der Waals surface area (Å²) >= 11 is 1.68. The van der Waals surface area contributed by atoms with Crippen LogP contribution in [0.4, 0.5) is 0 Å². The van der Waals surface area contributed by atoms with Gasteiger partial charge < -0.3 is 0 Å². The van der Waals surface area contributed by atoms with Gasteiger partial charge in [0, 0.05) is 0 Å². The van der Waals surface area contributed by atoms with Crippen LogP contribution in [0.3, 0.4) is 0 Å². The van der Waals surface area contributed by atoms with E-state index in [9.17, 15) is 0 Å². The Bertz CT molecular complexity index is 58.3. The first-order chi connectivity index (χ1) is 2.89. The molecule has 0 saturated heterocycles. The van der Waals surface area contributed by atoms with Gasteiger partial charge in [0.1, 0.15) is 0 Å². The monoisotopic (exact) mass is 158 g/mol. The van der Waals surface area contributed by atoms with Crippen molar-refractivity contribution in [1.82, 2.24) is 0 Å². The molecule has 0 aromatic carbocycles. The summed E-state index contributed by atoms with van der Waals surface area (Å²) in [6.45, 7) is 0. The Balaban J connectivity index is 2.37. The molecule has 0 N–H and O–H groups in total. The van der Waals surface area contributed by atoms with E-state index in [1.807, 2.05) is 0 Å². The summed E-state index contributed by atoms with van der Waals surface area (Å²) in [5.41, 5.74) is 0. The van der Waals surface area contributed by atoms with Crippen LogP contribution in [0.5, 0.6) is 0 Å². The Kier molecular flexibility index (Phi) is 1.77. The molecule has 1 aliphatic carbocycles. The molecule has 6 heavy (non-hydrogen) atoms. The number of hydrogen-bond acceptors (Lipinski definition) is 0. The van der Waals surface area contributed by atoms with Crippen LogP contribution < -0.4 is 0 Å². The molecule has 0 aromatic rings. The molecule has 0 unspecified atom stereocenters. The molecular formula is C5H8Zr+2. The van der Waals surface area contributed by atoms with Crippen molar-refractivity contribution in [2.24, 2.45) is 0 Å². The number of hydrogen-bond donors (Lipinski definition) is 0. The maximum atomic E-state index is 1.79. The van der Waals surface area contributed by atoms with Gasteiger partial charge in [0.05, 0.1) is 0 Å². The van der Waals surface area contributed by atoms with Crippen LogP contribution in [-0.2, 0) is 24.2 Å². The quantitative estimate of drug-likeness (QED) is 0.499. The third kappa shape index (κ3) is 1.11. The van der Waals surface area contributed by atoms with Gasteiger partial charge in [-0.15, -0.1) is 0 Å². The van der Waals surface area contributed by atoms with Crippen molar-refractivity contribution in [3.63, 3.8) is 0 Å². The van der Waals surface area contributed by atoms with Crippen molar-refractivity contribution in [3.8, 4) is 0 Å². The average Bonchev–Trinajstić information content (AvgIpc) is 1.86. The molecule has 0 nitrogen and oxygen atoms in total. The SMILES string of the molecule is [Zr+2]=[C]1CCCC1. The fraction of sp³-hybridized carbons (Fsp3) is 0.800. The van der Waals surface area contributed by atoms with Gasteiger partial charge in [-0.05, 0) is 0 Å². The van der Waals surface area contributed by atoms with Crippen LogP contribution in [0.15, 0.2) is 0 Å². The van der Waals surface area contributed by atoms with Crippen LogP contribution in [0.25, 0.3) is 0 Å². The standard InChI is InChI=1S/C5H8.Zr/c1-2-4-5-3-1;/h1-4H2;/q;+2. The molecule has 0 bridgehead atoms. The molecule has 1 aliphatic rings. The average molecular weight is 159 g/mol. The van der Waals surface area contributed by atoms with Gasteiger partial charge in [-0.2, -0.15) is 0 Å². The van der Waals surface area contributed by atoms with Crippen molar-refractivity contribution in [1.29, 1.82) is 0 Å². The first-order valence-electron chi connectivity index (χ1n) is 2.46. The van der Waals surface area contributed by atoms with Gasteiger partial charge in [0.2, 0.25) is 0 Å². The van der Waals surface area contributed by atoms with Crippen molar-refractivity contribution >= 4 is 3.21 Å². The molecule has 1 fully saturated rings. The predicted octanol–water partition coefficient (Wildman–Crippen LogP) is 1.28. The fourth-order valence-electron chi connectivity index (χ4n) is 0.802. The van der Waals surface area contributed by atoms with Crippen LogP contribution in [-0.4, -0.2) is 3.21 Å². The van der Waals surface area contributed by atoms with E-state index in [1.165, 1.54) is 25.7 Å². The molecule has 0 spiro atoms. The van der Waals surface area contributed by atoms with Gasteiger partial charge in [0.25, 0.3) is 0 Å². The summed E-state index contributed by atoms with van der Waals surface area (Å²) in [5, 5.41) is 0. The second kappa shape index (κ2) is 2.16. The number of rotatable bonds is 0. The summed E-state index contributed by atoms with van der Waals surface area (Å²) in [6.07, 6.45) is 5.83. The Morgan fingerprint density at radius 1 is 1.17 bits per heavy atom. The molecule has 1 heteroatoms. The third-order valence-electron chi connectivity index (χ3n) is 1.21. The van der Waals surface area contributed by atoms with Crippen LogP contribution in [0.1, 0.15) is 25.7 Å². The first-order valence-corrected chi connectivity index (χ1v) is 3.69. The molecule has 0 atom stereocenters. The van der Waals surface area contributed by atoms with E-state index in [2.05, 4.69) is 0 Å². The van der Waals surface area contributed by atoms with E-state index >= 15 is 0 Å². The molecule has 0 amide bonds. The van der Waals surface area contributed by atoms with Gasteiger partial charge >= 0.3 is 53.1 Å². The van der Waals surface area contributed by atoms with Crippen LogP contribution in [0.2, 0.25) is 0 Å². The van der Waals surface area contributed by atoms with Crippen LogP contribution >= 0.6 is 0 Å². The van der Waals surface area contributed by atoms with Gasteiger partial charge in [-0.3, -0.25) is 0 Å². The van der Waals surface area contributed by atoms with Crippen molar-refractivity contribution in [2.75, 3.05) is 0 Å². The predicted molar refractivity (Wildman–Crippen MR) is 23.5 cm³/mol. The third-order valence-corrected chi connectivity index (χ3v) is 2.44. The maximum absolute atomic E-state index is 1.79. The minimum atomic E-state index is 1.44. The Labute approximate surface area is 53.3 Å². The summed E-state index contributed by atoms with van der Waals surface area (Å²) in [6, 6.07) is 0. The van der Waals surface area contributed by atoms with Gasteiger partial charge in [-0.1, -0.05) is 0 Å². The van der Waals surface area contributed by atoms with E-state index in [0.717, 1.165) is 0 Å². The van der Waals surface area contributed by atoms with Gasteiger partial charge in [0.15, 0.2) is 0 Å². The van der Waals surface area contributed by atoms with Gasteiger partial charge in [-0.25, -0.2) is 0 Å². The van der Waals surface area contributed by atoms with E-state index in [-0.39, 0.29) is 0 Å². The minimum absolute atomic E-state index is 1.44. The zero-order valence-electron chi connectivity index (χ0n) is 3.83. The summed E-state index contributed by atoms with van der Waals surface area (Å²) < 4.78 is 1.79. The normalized spacial score (nSPS) is 22.7. The Morgan fingerprint density at radius 3 is 1.83 bits per heavy atom. The summed E-state index contributed by atoms with van der Waals surface area (Å²) in [7, 11) is 0. The molecule has 0 aliphatic heterocycles. The van der Waals surface area contributed by atoms with Crippen LogP contribution in [0, 0.1) is 0 Å².